The van der Waals surface area contributed by atoms with E-state index in [1.165, 1.54) is 16.4 Å². The van der Waals surface area contributed by atoms with Crippen molar-refractivity contribution in [3.63, 3.8) is 0 Å². The van der Waals surface area contributed by atoms with Crippen LogP contribution in [0.2, 0.25) is 5.02 Å². The lowest BCUT2D eigenvalue weighted by Crippen LogP contribution is -2.49. The van der Waals surface area contributed by atoms with E-state index < -0.39 is 16.2 Å². The summed E-state index contributed by atoms with van der Waals surface area (Å²) in [6.45, 7) is 4.01. The van der Waals surface area contributed by atoms with E-state index in [0.717, 1.165) is 32.4 Å². The predicted molar refractivity (Wildman–Crippen MR) is 92.3 cm³/mol. The summed E-state index contributed by atoms with van der Waals surface area (Å²) in [6, 6.07) is 6.06. The fraction of sp³-hybridized carbons (Fsp3) is 0.562. The van der Waals surface area contributed by atoms with Gasteiger partial charge in [0.15, 0.2) is 0 Å². The van der Waals surface area contributed by atoms with Crippen molar-refractivity contribution < 1.29 is 13.2 Å². The SMILES string of the molecule is CC1N(C(=O)N2CCCCC2)CCN1S(=O)(=O)c1ccc(Cl)cc1. The van der Waals surface area contributed by atoms with E-state index in [2.05, 4.69) is 0 Å². The zero-order valence-corrected chi connectivity index (χ0v) is 15.3. The van der Waals surface area contributed by atoms with E-state index in [0.29, 0.717) is 18.1 Å². The minimum atomic E-state index is -3.64. The van der Waals surface area contributed by atoms with Crippen LogP contribution in [-0.4, -0.2) is 60.9 Å². The largest absolute Gasteiger partial charge is 0.325 e. The van der Waals surface area contributed by atoms with Crippen LogP contribution in [0.4, 0.5) is 4.79 Å². The van der Waals surface area contributed by atoms with Crippen LogP contribution >= 0.6 is 11.6 Å². The number of carbonyl (C=O) groups excluding carboxylic acids is 1. The van der Waals surface area contributed by atoms with Gasteiger partial charge < -0.3 is 9.80 Å². The second-order valence-corrected chi connectivity index (χ2v) is 8.55. The number of urea groups is 1. The van der Waals surface area contributed by atoms with Gasteiger partial charge in [-0.1, -0.05) is 11.6 Å². The number of carbonyl (C=O) groups is 1. The number of rotatable bonds is 2. The molecule has 0 aliphatic carbocycles. The van der Waals surface area contributed by atoms with Crippen molar-refractivity contribution in [2.45, 2.75) is 37.2 Å². The Morgan fingerprint density at radius 2 is 1.67 bits per heavy atom. The Hall–Kier alpha value is -1.31. The van der Waals surface area contributed by atoms with Gasteiger partial charge in [-0.05, 0) is 50.5 Å². The maximum Gasteiger partial charge on any atom is 0.321 e. The van der Waals surface area contributed by atoms with Gasteiger partial charge in [0.05, 0.1) is 11.1 Å². The molecule has 0 saturated carbocycles. The Labute approximate surface area is 148 Å². The van der Waals surface area contributed by atoms with Gasteiger partial charge in [-0.2, -0.15) is 4.31 Å². The molecule has 1 atom stereocenters. The molecule has 1 unspecified atom stereocenters. The van der Waals surface area contributed by atoms with Crippen molar-refractivity contribution in [2.24, 2.45) is 0 Å². The Kier molecular flexibility index (Phi) is 5.03. The first-order chi connectivity index (χ1) is 11.4. The van der Waals surface area contributed by atoms with E-state index in [1.807, 2.05) is 4.90 Å². The molecular formula is C16H22ClN3O3S. The molecule has 132 valence electrons. The third kappa shape index (κ3) is 3.25. The van der Waals surface area contributed by atoms with Gasteiger partial charge in [0.2, 0.25) is 10.0 Å². The van der Waals surface area contributed by atoms with Gasteiger partial charge in [-0.15, -0.1) is 0 Å². The first-order valence-corrected chi connectivity index (χ1v) is 10.1. The molecule has 3 rings (SSSR count). The van der Waals surface area contributed by atoms with Gasteiger partial charge in [-0.25, -0.2) is 13.2 Å². The van der Waals surface area contributed by atoms with Gasteiger partial charge >= 0.3 is 6.03 Å². The molecule has 2 saturated heterocycles. The van der Waals surface area contributed by atoms with Gasteiger partial charge in [0.25, 0.3) is 0 Å². The molecule has 8 heteroatoms. The van der Waals surface area contributed by atoms with Crippen molar-refractivity contribution in [1.82, 2.24) is 14.1 Å². The number of likely N-dealkylation sites (tertiary alicyclic amines) is 1. The van der Waals surface area contributed by atoms with E-state index in [-0.39, 0.29) is 10.9 Å². The van der Waals surface area contributed by atoms with Crippen molar-refractivity contribution in [3.8, 4) is 0 Å². The number of halogens is 1. The number of sulfonamides is 1. The van der Waals surface area contributed by atoms with Gasteiger partial charge in [0.1, 0.15) is 0 Å². The quantitative estimate of drug-likeness (QED) is 0.802. The fourth-order valence-corrected chi connectivity index (χ4v) is 5.03. The minimum absolute atomic E-state index is 0.0593. The highest BCUT2D eigenvalue weighted by Gasteiger charge is 2.41. The Balaban J connectivity index is 1.76. The van der Waals surface area contributed by atoms with Crippen LogP contribution < -0.4 is 0 Å². The molecular weight excluding hydrogens is 350 g/mol. The molecule has 0 spiro atoms. The number of hydrogen-bond acceptors (Lipinski definition) is 3. The van der Waals surface area contributed by atoms with Crippen molar-refractivity contribution in [3.05, 3.63) is 29.3 Å². The maximum atomic E-state index is 12.8. The number of hydrogen-bond donors (Lipinski definition) is 0. The molecule has 2 aliphatic rings. The highest BCUT2D eigenvalue weighted by atomic mass is 35.5. The summed E-state index contributed by atoms with van der Waals surface area (Å²) in [6.07, 6.45) is 2.69. The van der Waals surface area contributed by atoms with Crippen LogP contribution in [0.5, 0.6) is 0 Å². The number of piperidine rings is 1. The second-order valence-electron chi connectivity index (χ2n) is 6.23. The molecule has 2 aliphatic heterocycles. The highest BCUT2D eigenvalue weighted by Crippen LogP contribution is 2.26. The lowest BCUT2D eigenvalue weighted by Gasteiger charge is -2.33. The molecule has 0 aromatic heterocycles. The average Bonchev–Trinajstić information content (AvgIpc) is 2.97. The maximum absolute atomic E-state index is 12.8. The zero-order valence-electron chi connectivity index (χ0n) is 13.7. The summed E-state index contributed by atoms with van der Waals surface area (Å²) >= 11 is 5.83. The van der Waals surface area contributed by atoms with E-state index >= 15 is 0 Å². The summed E-state index contributed by atoms with van der Waals surface area (Å²) < 4.78 is 27.1. The summed E-state index contributed by atoms with van der Waals surface area (Å²) in [5, 5.41) is 0.491. The first kappa shape index (κ1) is 17.5. The van der Waals surface area contributed by atoms with Crippen molar-refractivity contribution >= 4 is 27.7 Å². The predicted octanol–water partition coefficient (Wildman–Crippen LogP) is 2.60. The summed E-state index contributed by atoms with van der Waals surface area (Å²) in [4.78, 5) is 16.4. The monoisotopic (exact) mass is 371 g/mol. The van der Waals surface area contributed by atoms with Crippen LogP contribution in [-0.2, 0) is 10.0 Å². The fourth-order valence-electron chi connectivity index (χ4n) is 3.32. The van der Waals surface area contributed by atoms with Crippen LogP contribution in [0.25, 0.3) is 0 Å². The second kappa shape index (κ2) is 6.90. The lowest BCUT2D eigenvalue weighted by atomic mass is 10.1. The highest BCUT2D eigenvalue weighted by molar-refractivity contribution is 7.89. The minimum Gasteiger partial charge on any atom is -0.325 e. The van der Waals surface area contributed by atoms with Crippen LogP contribution in [0.15, 0.2) is 29.2 Å². The van der Waals surface area contributed by atoms with E-state index in [4.69, 9.17) is 11.6 Å². The number of benzene rings is 1. The first-order valence-electron chi connectivity index (χ1n) is 8.24. The third-order valence-corrected chi connectivity index (χ3v) is 6.95. The molecule has 1 aromatic carbocycles. The van der Waals surface area contributed by atoms with E-state index in [1.54, 1.807) is 24.0 Å². The summed E-state index contributed by atoms with van der Waals surface area (Å²) in [5.41, 5.74) is 0. The zero-order chi connectivity index (χ0) is 17.3. The van der Waals surface area contributed by atoms with E-state index in [9.17, 15) is 13.2 Å². The van der Waals surface area contributed by atoms with Gasteiger partial charge in [0, 0.05) is 31.2 Å². The Morgan fingerprint density at radius 1 is 1.04 bits per heavy atom. The standard InChI is InChI=1S/C16H22ClN3O3S/c1-13-19(16(21)18-9-3-2-4-10-18)11-12-20(13)24(22,23)15-7-5-14(17)6-8-15/h5-8,13H,2-4,9-12H2,1H3. The smallest absolute Gasteiger partial charge is 0.321 e. The summed E-state index contributed by atoms with van der Waals surface area (Å²) in [5.74, 6) is 0. The molecule has 0 bridgehead atoms. The molecule has 24 heavy (non-hydrogen) atoms. The number of nitrogens with zero attached hydrogens (tertiary/aromatic N) is 3. The van der Waals surface area contributed by atoms with Crippen LogP contribution in [0.3, 0.4) is 0 Å². The molecule has 0 radical (unpaired) electrons. The van der Waals surface area contributed by atoms with Crippen LogP contribution in [0, 0.1) is 0 Å². The topological polar surface area (TPSA) is 60.9 Å². The summed E-state index contributed by atoms with van der Waals surface area (Å²) in [7, 11) is -3.64. The average molecular weight is 372 g/mol. The Bertz CT molecular complexity index is 702. The van der Waals surface area contributed by atoms with Crippen molar-refractivity contribution in [2.75, 3.05) is 26.2 Å². The molecule has 2 fully saturated rings. The molecule has 2 heterocycles. The molecule has 2 amide bonds. The molecule has 1 aromatic rings. The molecule has 6 nitrogen and oxygen atoms in total. The van der Waals surface area contributed by atoms with Crippen molar-refractivity contribution in [1.29, 1.82) is 0 Å². The third-order valence-electron chi connectivity index (χ3n) is 4.72. The van der Waals surface area contributed by atoms with Crippen LogP contribution in [0.1, 0.15) is 26.2 Å². The number of amides is 2. The molecule has 0 N–H and O–H groups in total. The lowest BCUT2D eigenvalue weighted by molar-refractivity contribution is 0.132. The normalized spacial score (nSPS) is 22.8. The Morgan fingerprint density at radius 3 is 2.29 bits per heavy atom. The van der Waals surface area contributed by atoms with Gasteiger partial charge in [-0.3, -0.25) is 0 Å².